The Morgan fingerprint density at radius 2 is 1.86 bits per heavy atom. The highest BCUT2D eigenvalue weighted by molar-refractivity contribution is 7.86. The van der Waals surface area contributed by atoms with E-state index >= 15 is 0 Å². The third-order valence-corrected chi connectivity index (χ3v) is 3.50. The Morgan fingerprint density at radius 3 is 2.29 bits per heavy atom. The van der Waals surface area contributed by atoms with Gasteiger partial charge in [-0.05, 0) is 26.0 Å². The number of hydrogen-bond acceptors (Lipinski definition) is 5. The Morgan fingerprint density at radius 1 is 1.29 bits per heavy atom. The number of nitrogens with zero attached hydrogens (tertiary/aromatic N) is 3. The van der Waals surface area contributed by atoms with Gasteiger partial charge in [0.1, 0.15) is 5.70 Å². The lowest BCUT2D eigenvalue weighted by molar-refractivity contribution is -0.115. The van der Waals surface area contributed by atoms with Crippen molar-refractivity contribution in [2.45, 2.75) is 13.8 Å². The van der Waals surface area contributed by atoms with Crippen molar-refractivity contribution < 1.29 is 9.18 Å². The number of thiol groups is 1. The average molecular weight is 310 g/mol. The van der Waals surface area contributed by atoms with Crippen LogP contribution >= 0.6 is 12.6 Å². The maximum Gasteiger partial charge on any atom is 0.202 e. The number of anilines is 1. The van der Waals surface area contributed by atoms with Gasteiger partial charge in [-0.25, -0.2) is 4.39 Å². The molecule has 0 spiro atoms. The molecule has 1 aromatic rings. The monoisotopic (exact) mass is 310 g/mol. The molecule has 0 aliphatic heterocycles. The SMILES string of the molecule is CCN(CC)c1ccc(/C(N=NN)=C(/S)C(=O)CF)cc1. The molecule has 7 heteroatoms. The average Bonchev–Trinajstić information content (AvgIpc) is 2.53. The Bertz CT molecular complexity index is 538. The first kappa shape index (κ1) is 17.2. The fourth-order valence-corrected chi connectivity index (χ4v) is 2.15. The van der Waals surface area contributed by atoms with Crippen LogP contribution in [0.25, 0.3) is 5.70 Å². The van der Waals surface area contributed by atoms with Crippen molar-refractivity contribution in [2.75, 3.05) is 24.7 Å². The molecule has 0 heterocycles. The molecule has 0 unspecified atom stereocenters. The summed E-state index contributed by atoms with van der Waals surface area (Å²) < 4.78 is 12.5. The van der Waals surface area contributed by atoms with E-state index in [1.54, 1.807) is 12.1 Å². The number of allylic oxidation sites excluding steroid dienone is 1. The number of rotatable bonds is 7. The maximum absolute atomic E-state index is 12.5. The van der Waals surface area contributed by atoms with Gasteiger partial charge in [0.05, 0.1) is 4.91 Å². The summed E-state index contributed by atoms with van der Waals surface area (Å²) in [5, 5.41) is 6.86. The van der Waals surface area contributed by atoms with Crippen LogP contribution in [-0.2, 0) is 4.79 Å². The van der Waals surface area contributed by atoms with E-state index in [9.17, 15) is 9.18 Å². The van der Waals surface area contributed by atoms with Gasteiger partial charge in [0.25, 0.3) is 0 Å². The molecule has 5 nitrogen and oxygen atoms in total. The minimum Gasteiger partial charge on any atom is -0.372 e. The number of carbonyl (C=O) groups excluding carboxylic acids is 1. The third-order valence-electron chi connectivity index (χ3n) is 3.04. The van der Waals surface area contributed by atoms with Crippen molar-refractivity contribution in [3.8, 4) is 0 Å². The summed E-state index contributed by atoms with van der Waals surface area (Å²) in [6.45, 7) is 4.77. The first-order valence-corrected chi connectivity index (χ1v) is 7.02. The second-order valence-corrected chi connectivity index (χ2v) is 4.64. The zero-order valence-electron chi connectivity index (χ0n) is 12.1. The number of ketones is 1. The van der Waals surface area contributed by atoms with E-state index in [-0.39, 0.29) is 10.6 Å². The molecule has 1 aromatic carbocycles. The highest BCUT2D eigenvalue weighted by Crippen LogP contribution is 2.26. The van der Waals surface area contributed by atoms with Gasteiger partial charge < -0.3 is 10.7 Å². The molecule has 0 fully saturated rings. The predicted molar refractivity (Wildman–Crippen MR) is 85.9 cm³/mol. The zero-order chi connectivity index (χ0) is 15.8. The van der Waals surface area contributed by atoms with Gasteiger partial charge in [0.2, 0.25) is 5.78 Å². The van der Waals surface area contributed by atoms with Gasteiger partial charge in [-0.2, -0.15) is 0 Å². The number of halogens is 1. The fraction of sp³-hybridized carbons (Fsp3) is 0.357. The normalized spacial score (nSPS) is 12.4. The molecule has 0 aromatic heterocycles. The van der Waals surface area contributed by atoms with Crippen LogP contribution in [0, 0.1) is 0 Å². The Balaban J connectivity index is 3.20. The first-order valence-electron chi connectivity index (χ1n) is 6.57. The zero-order valence-corrected chi connectivity index (χ0v) is 13.0. The standard InChI is InChI=1S/C14H19FN4OS/c1-3-19(4-2)11-7-5-10(6-8-11)13(17-18-16)14(21)12(20)9-15/h5-8,21H,3-4,9H2,1-2H3,(H2,16,17)/b14-13-. The number of hydrogen-bond donors (Lipinski definition) is 2. The lowest BCUT2D eigenvalue weighted by Crippen LogP contribution is -2.21. The van der Waals surface area contributed by atoms with E-state index in [0.29, 0.717) is 5.56 Å². The van der Waals surface area contributed by atoms with E-state index in [0.717, 1.165) is 18.8 Å². The summed E-state index contributed by atoms with van der Waals surface area (Å²) in [7, 11) is 0. The molecule has 0 radical (unpaired) electrons. The second kappa shape index (κ2) is 8.41. The fourth-order valence-electron chi connectivity index (χ4n) is 1.91. The molecule has 0 bridgehead atoms. The van der Waals surface area contributed by atoms with Gasteiger partial charge >= 0.3 is 0 Å². The van der Waals surface area contributed by atoms with Crippen molar-refractivity contribution in [3.63, 3.8) is 0 Å². The Hall–Kier alpha value is -1.89. The van der Waals surface area contributed by atoms with Crippen LogP contribution in [0.4, 0.5) is 10.1 Å². The van der Waals surface area contributed by atoms with Crippen molar-refractivity contribution in [1.82, 2.24) is 0 Å². The lowest BCUT2D eigenvalue weighted by Gasteiger charge is -2.21. The molecule has 0 saturated heterocycles. The van der Waals surface area contributed by atoms with Crippen LogP contribution in [0.2, 0.25) is 0 Å². The number of carbonyl (C=O) groups is 1. The molecule has 0 saturated carbocycles. The lowest BCUT2D eigenvalue weighted by atomic mass is 10.1. The topological polar surface area (TPSA) is 71.1 Å². The van der Waals surface area contributed by atoms with Crippen molar-refractivity contribution in [3.05, 3.63) is 34.7 Å². The summed E-state index contributed by atoms with van der Waals surface area (Å²) in [4.78, 5) is 13.5. The molecule has 0 aliphatic rings. The van der Waals surface area contributed by atoms with Gasteiger partial charge in [-0.3, -0.25) is 4.79 Å². The Labute approximate surface area is 129 Å². The molecule has 0 aliphatic carbocycles. The van der Waals surface area contributed by atoms with Crippen molar-refractivity contribution in [2.24, 2.45) is 16.2 Å². The van der Waals surface area contributed by atoms with Gasteiger partial charge in [-0.15, -0.1) is 17.7 Å². The summed E-state index contributed by atoms with van der Waals surface area (Å²) in [6.07, 6.45) is 0. The maximum atomic E-state index is 12.5. The third kappa shape index (κ3) is 4.29. The second-order valence-electron chi connectivity index (χ2n) is 4.19. The minimum atomic E-state index is -1.14. The highest BCUT2D eigenvalue weighted by atomic mass is 32.1. The van der Waals surface area contributed by atoms with Crippen molar-refractivity contribution in [1.29, 1.82) is 0 Å². The molecule has 0 amide bonds. The van der Waals surface area contributed by atoms with E-state index in [4.69, 9.17) is 5.84 Å². The smallest absolute Gasteiger partial charge is 0.202 e. The highest BCUT2D eigenvalue weighted by Gasteiger charge is 2.14. The summed E-state index contributed by atoms with van der Waals surface area (Å²) >= 11 is 4.02. The molecule has 114 valence electrons. The first-order chi connectivity index (χ1) is 10.1. The van der Waals surface area contributed by atoms with E-state index in [1.807, 2.05) is 12.1 Å². The Kier molecular flexibility index (Phi) is 6.87. The van der Waals surface area contributed by atoms with E-state index in [2.05, 4.69) is 41.7 Å². The van der Waals surface area contributed by atoms with Gasteiger partial charge in [0.15, 0.2) is 6.67 Å². The molecule has 1 rings (SSSR count). The number of nitrogens with two attached hydrogens (primary N) is 1. The van der Waals surface area contributed by atoms with Gasteiger partial charge in [-0.1, -0.05) is 17.4 Å². The van der Waals surface area contributed by atoms with Crippen LogP contribution < -0.4 is 10.7 Å². The van der Waals surface area contributed by atoms with Crippen molar-refractivity contribution >= 4 is 29.8 Å². The minimum absolute atomic E-state index is 0.0951. The molecule has 21 heavy (non-hydrogen) atoms. The van der Waals surface area contributed by atoms with Gasteiger partial charge in [0, 0.05) is 24.3 Å². The van der Waals surface area contributed by atoms with Crippen LogP contribution in [-0.4, -0.2) is 25.5 Å². The van der Waals surface area contributed by atoms with Crippen LogP contribution in [0.3, 0.4) is 0 Å². The van der Waals surface area contributed by atoms with E-state index in [1.165, 1.54) is 0 Å². The number of Topliss-reactive ketones (excluding diaryl/α,β-unsaturated/α-hetero) is 1. The predicted octanol–water partition coefficient (Wildman–Crippen LogP) is 3.00. The largest absolute Gasteiger partial charge is 0.372 e. The van der Waals surface area contributed by atoms with E-state index < -0.39 is 12.5 Å². The number of alkyl halides is 1. The molecular formula is C14H19FN4OS. The number of benzene rings is 1. The summed E-state index contributed by atoms with van der Waals surface area (Å²) in [6, 6.07) is 7.35. The summed E-state index contributed by atoms with van der Waals surface area (Å²) in [5.74, 6) is 4.29. The van der Waals surface area contributed by atoms with Crippen LogP contribution in [0.1, 0.15) is 19.4 Å². The van der Waals surface area contributed by atoms with Crippen LogP contribution in [0.15, 0.2) is 39.5 Å². The van der Waals surface area contributed by atoms with Crippen LogP contribution in [0.5, 0.6) is 0 Å². The molecule has 0 atom stereocenters. The quantitative estimate of drug-likeness (QED) is 0.267. The summed E-state index contributed by atoms with van der Waals surface area (Å²) in [5.41, 5.74) is 1.81. The molecular weight excluding hydrogens is 291 g/mol. The molecule has 2 N–H and O–H groups in total.